The predicted octanol–water partition coefficient (Wildman–Crippen LogP) is 0.557. The second-order valence-electron chi connectivity index (χ2n) is 3.80. The fourth-order valence-corrected chi connectivity index (χ4v) is 1.47. The van der Waals surface area contributed by atoms with Crippen LogP contribution >= 0.6 is 12.2 Å². The van der Waals surface area contributed by atoms with Crippen molar-refractivity contribution in [1.29, 1.82) is 0 Å². The third-order valence-electron chi connectivity index (χ3n) is 2.22. The van der Waals surface area contributed by atoms with Gasteiger partial charge in [-0.15, -0.1) is 0 Å². The van der Waals surface area contributed by atoms with Crippen LogP contribution in [0, 0.1) is 0 Å². The largest absolute Gasteiger partial charge is 0.379 e. The van der Waals surface area contributed by atoms with Gasteiger partial charge in [0.15, 0.2) is 5.11 Å². The molecule has 20 heavy (non-hydrogen) atoms. The molecule has 0 atom stereocenters. The van der Waals surface area contributed by atoms with E-state index in [0.29, 0.717) is 57.8 Å². The van der Waals surface area contributed by atoms with Crippen molar-refractivity contribution >= 4 is 17.3 Å². The Bertz CT molecular complexity index is 201. The summed E-state index contributed by atoms with van der Waals surface area (Å²) >= 11 is 5.11. The molecular weight excluding hydrogens is 280 g/mol. The van der Waals surface area contributed by atoms with E-state index in [2.05, 4.69) is 10.6 Å². The highest BCUT2D eigenvalue weighted by atomic mass is 32.1. The highest BCUT2D eigenvalue weighted by Gasteiger charge is 1.95. The van der Waals surface area contributed by atoms with E-state index in [1.54, 1.807) is 0 Å². The summed E-state index contributed by atoms with van der Waals surface area (Å²) in [4.78, 5) is 0. The van der Waals surface area contributed by atoms with Crippen LogP contribution in [0.25, 0.3) is 0 Å². The van der Waals surface area contributed by atoms with Gasteiger partial charge in [-0.3, -0.25) is 0 Å². The number of hydrogen-bond acceptors (Lipinski definition) is 5. The van der Waals surface area contributed by atoms with Crippen molar-refractivity contribution in [3.8, 4) is 0 Å². The molecule has 0 aromatic heterocycles. The number of hydrogen-bond donors (Lipinski definition) is 2. The van der Waals surface area contributed by atoms with Gasteiger partial charge in [0.1, 0.15) is 0 Å². The topological polar surface area (TPSA) is 61.0 Å². The van der Waals surface area contributed by atoms with Crippen LogP contribution in [-0.2, 0) is 18.9 Å². The molecule has 0 aliphatic carbocycles. The molecule has 0 aromatic carbocycles. The van der Waals surface area contributed by atoms with Gasteiger partial charge in [0, 0.05) is 26.3 Å². The van der Waals surface area contributed by atoms with Crippen molar-refractivity contribution in [3.63, 3.8) is 0 Å². The monoisotopic (exact) mass is 308 g/mol. The summed E-state index contributed by atoms with van der Waals surface area (Å²) in [5.74, 6) is 0. The fraction of sp³-hybridized carbons (Fsp3) is 0.923. The van der Waals surface area contributed by atoms with Gasteiger partial charge in [-0.2, -0.15) is 0 Å². The highest BCUT2D eigenvalue weighted by molar-refractivity contribution is 7.80. The fourth-order valence-electron chi connectivity index (χ4n) is 1.26. The normalized spacial score (nSPS) is 10.5. The van der Waals surface area contributed by atoms with Gasteiger partial charge in [0.05, 0.1) is 39.6 Å². The summed E-state index contributed by atoms with van der Waals surface area (Å²) < 4.78 is 21.0. The predicted molar refractivity (Wildman–Crippen MR) is 83.2 cm³/mol. The zero-order valence-electron chi connectivity index (χ0n) is 12.6. The van der Waals surface area contributed by atoms with Crippen molar-refractivity contribution in [2.75, 3.05) is 65.9 Å². The Hall–Kier alpha value is -0.470. The summed E-state index contributed by atoms with van der Waals surface area (Å²) in [5, 5.41) is 6.74. The molecule has 0 bridgehead atoms. The molecule has 0 aromatic rings. The van der Waals surface area contributed by atoms with E-state index in [-0.39, 0.29) is 0 Å². The Balaban J connectivity index is 3.13. The highest BCUT2D eigenvalue weighted by Crippen LogP contribution is 1.79. The first kappa shape index (κ1) is 19.5. The first-order valence-electron chi connectivity index (χ1n) is 7.13. The number of rotatable bonds is 14. The lowest BCUT2D eigenvalue weighted by Crippen LogP contribution is -2.38. The molecule has 0 spiro atoms. The van der Waals surface area contributed by atoms with Gasteiger partial charge >= 0.3 is 0 Å². The standard InChI is InChI=1S/C13H28N2O4S/c1-3-16-9-11-18-7-5-14-13(20)15-6-8-19-12-10-17-4-2/h3-12H2,1-2H3,(H2,14,15,20). The number of thiocarbonyl (C=S) groups is 1. The third-order valence-corrected chi connectivity index (χ3v) is 2.50. The van der Waals surface area contributed by atoms with Crippen molar-refractivity contribution in [3.05, 3.63) is 0 Å². The number of ether oxygens (including phenoxy) is 4. The van der Waals surface area contributed by atoms with E-state index in [0.717, 1.165) is 13.2 Å². The van der Waals surface area contributed by atoms with Gasteiger partial charge < -0.3 is 29.6 Å². The van der Waals surface area contributed by atoms with Gasteiger partial charge in [-0.1, -0.05) is 0 Å². The van der Waals surface area contributed by atoms with Crippen molar-refractivity contribution in [2.24, 2.45) is 0 Å². The van der Waals surface area contributed by atoms with E-state index < -0.39 is 0 Å². The van der Waals surface area contributed by atoms with E-state index in [1.807, 2.05) is 13.8 Å². The lowest BCUT2D eigenvalue weighted by Gasteiger charge is -2.11. The Kier molecular flexibility index (Phi) is 16.2. The Morgan fingerprint density at radius 1 is 0.700 bits per heavy atom. The zero-order chi connectivity index (χ0) is 14.9. The molecule has 6 nitrogen and oxygen atoms in total. The summed E-state index contributed by atoms with van der Waals surface area (Å²) in [7, 11) is 0. The average Bonchev–Trinajstić information content (AvgIpc) is 2.45. The lowest BCUT2D eigenvalue weighted by molar-refractivity contribution is 0.0543. The summed E-state index contributed by atoms with van der Waals surface area (Å²) in [5.41, 5.74) is 0. The maximum absolute atomic E-state index is 5.35. The molecule has 0 amide bonds. The second kappa shape index (κ2) is 16.6. The molecule has 0 fully saturated rings. The van der Waals surface area contributed by atoms with Gasteiger partial charge in [0.25, 0.3) is 0 Å². The van der Waals surface area contributed by atoms with Crippen molar-refractivity contribution in [1.82, 2.24) is 10.6 Å². The molecule has 0 aliphatic heterocycles. The number of nitrogens with one attached hydrogen (secondary N) is 2. The SMILES string of the molecule is CCOCCOCCNC(=S)NCCOCCOCC. The maximum Gasteiger partial charge on any atom is 0.166 e. The Labute approximate surface area is 127 Å². The van der Waals surface area contributed by atoms with E-state index in [9.17, 15) is 0 Å². The minimum absolute atomic E-state index is 0.611. The van der Waals surface area contributed by atoms with Gasteiger partial charge in [-0.25, -0.2) is 0 Å². The molecule has 0 heterocycles. The molecule has 0 saturated carbocycles. The van der Waals surface area contributed by atoms with Crippen LogP contribution in [-0.4, -0.2) is 71.1 Å². The third kappa shape index (κ3) is 15.6. The molecule has 0 aliphatic rings. The molecule has 0 rings (SSSR count). The molecule has 0 saturated heterocycles. The zero-order valence-corrected chi connectivity index (χ0v) is 13.4. The molecule has 7 heteroatoms. The van der Waals surface area contributed by atoms with Crippen LogP contribution in [0.2, 0.25) is 0 Å². The lowest BCUT2D eigenvalue weighted by atomic mass is 10.6. The molecular formula is C13H28N2O4S. The molecule has 0 unspecified atom stereocenters. The quantitative estimate of drug-likeness (QED) is 0.359. The second-order valence-corrected chi connectivity index (χ2v) is 4.21. The Morgan fingerprint density at radius 2 is 1.10 bits per heavy atom. The minimum atomic E-state index is 0.611. The molecule has 120 valence electrons. The Morgan fingerprint density at radius 3 is 1.50 bits per heavy atom. The van der Waals surface area contributed by atoms with Crippen LogP contribution in [0.1, 0.15) is 13.8 Å². The van der Waals surface area contributed by atoms with Crippen molar-refractivity contribution < 1.29 is 18.9 Å². The summed E-state index contributed by atoms with van der Waals surface area (Å²) in [6.07, 6.45) is 0. The summed E-state index contributed by atoms with van der Waals surface area (Å²) in [6, 6.07) is 0. The molecule has 0 radical (unpaired) electrons. The van der Waals surface area contributed by atoms with E-state index in [1.165, 1.54) is 0 Å². The van der Waals surface area contributed by atoms with E-state index in [4.69, 9.17) is 31.2 Å². The van der Waals surface area contributed by atoms with Gasteiger partial charge in [-0.05, 0) is 26.1 Å². The maximum atomic E-state index is 5.35. The summed E-state index contributed by atoms with van der Waals surface area (Å²) in [6.45, 7) is 10.5. The van der Waals surface area contributed by atoms with Gasteiger partial charge in [0.2, 0.25) is 0 Å². The van der Waals surface area contributed by atoms with Crippen LogP contribution in [0.15, 0.2) is 0 Å². The average molecular weight is 308 g/mol. The van der Waals surface area contributed by atoms with Crippen LogP contribution in [0.5, 0.6) is 0 Å². The smallest absolute Gasteiger partial charge is 0.166 e. The minimum Gasteiger partial charge on any atom is -0.379 e. The van der Waals surface area contributed by atoms with Crippen LogP contribution in [0.4, 0.5) is 0 Å². The van der Waals surface area contributed by atoms with E-state index >= 15 is 0 Å². The first-order valence-corrected chi connectivity index (χ1v) is 7.54. The molecule has 2 N–H and O–H groups in total. The van der Waals surface area contributed by atoms with Crippen molar-refractivity contribution in [2.45, 2.75) is 13.8 Å². The van der Waals surface area contributed by atoms with Crippen LogP contribution in [0.3, 0.4) is 0 Å². The first-order chi connectivity index (χ1) is 9.81. The van der Waals surface area contributed by atoms with Crippen LogP contribution < -0.4 is 10.6 Å².